The van der Waals surface area contributed by atoms with Gasteiger partial charge in [-0.25, -0.2) is 0 Å². The van der Waals surface area contributed by atoms with E-state index in [-0.39, 0.29) is 17.5 Å². The zero-order valence-corrected chi connectivity index (χ0v) is 17.2. The lowest BCUT2D eigenvalue weighted by atomic mass is 9.91. The molecule has 0 bridgehead atoms. The third-order valence-electron chi connectivity index (χ3n) is 5.36. The Balaban J connectivity index is 1.72. The molecule has 0 atom stereocenters. The lowest BCUT2D eigenvalue weighted by molar-refractivity contribution is -0.384. The number of nitrogens with zero attached hydrogens (tertiary/aromatic N) is 3. The van der Waals surface area contributed by atoms with Gasteiger partial charge in [-0.1, -0.05) is 30.4 Å². The molecule has 3 aromatic rings. The highest BCUT2D eigenvalue weighted by Crippen LogP contribution is 2.33. The van der Waals surface area contributed by atoms with Crippen LogP contribution in [0.3, 0.4) is 0 Å². The van der Waals surface area contributed by atoms with Crippen LogP contribution in [-0.4, -0.2) is 53.7 Å². The first-order chi connectivity index (χ1) is 14.9. The topological polar surface area (TPSA) is 83.8 Å². The van der Waals surface area contributed by atoms with Gasteiger partial charge in [0.1, 0.15) is 0 Å². The number of rotatable bonds is 6. The Labute approximate surface area is 179 Å². The molecule has 0 spiro atoms. The predicted octanol–water partition coefficient (Wildman–Crippen LogP) is 4.08. The molecule has 1 aliphatic heterocycles. The zero-order chi connectivity index (χ0) is 22.1. The summed E-state index contributed by atoms with van der Waals surface area (Å²) < 4.78 is 0. The molecule has 0 fully saturated rings. The number of likely N-dealkylation sites (N-methyl/N-ethyl adjacent to an activating group) is 1. The molecule has 1 heterocycles. The van der Waals surface area contributed by atoms with Gasteiger partial charge in [-0.05, 0) is 54.9 Å². The lowest BCUT2D eigenvalue weighted by Gasteiger charge is -2.28. The van der Waals surface area contributed by atoms with Gasteiger partial charge in [-0.15, -0.1) is 0 Å². The maximum atomic E-state index is 13.0. The molecule has 0 unspecified atom stereocenters. The number of nitro groups is 1. The van der Waals surface area contributed by atoms with Gasteiger partial charge >= 0.3 is 0 Å². The molecule has 1 aliphatic rings. The van der Waals surface area contributed by atoms with Gasteiger partial charge < -0.3 is 4.90 Å². The maximum Gasteiger partial charge on any atom is 0.269 e. The number of hydrogen-bond acceptors (Lipinski definition) is 5. The number of amides is 2. The second-order valence-corrected chi connectivity index (χ2v) is 7.68. The van der Waals surface area contributed by atoms with E-state index in [2.05, 4.69) is 0 Å². The summed E-state index contributed by atoms with van der Waals surface area (Å²) in [5.41, 5.74) is 2.76. The van der Waals surface area contributed by atoms with Crippen molar-refractivity contribution >= 4 is 40.4 Å². The number of carbonyl (C=O) groups excluding carboxylic acids is 2. The van der Waals surface area contributed by atoms with Crippen LogP contribution in [0.4, 0.5) is 5.69 Å². The summed E-state index contributed by atoms with van der Waals surface area (Å²) in [7, 11) is 3.80. The molecule has 0 aromatic heterocycles. The highest BCUT2D eigenvalue weighted by molar-refractivity contribution is 6.26. The molecule has 7 nitrogen and oxygen atoms in total. The van der Waals surface area contributed by atoms with E-state index in [0.717, 1.165) is 16.5 Å². The summed E-state index contributed by atoms with van der Waals surface area (Å²) in [6.07, 6.45) is 3.74. The van der Waals surface area contributed by atoms with Crippen LogP contribution in [0.1, 0.15) is 31.8 Å². The molecular formula is C24H21N3O4. The summed E-state index contributed by atoms with van der Waals surface area (Å²) in [6.45, 7) is 0.932. The largest absolute Gasteiger partial charge is 0.308 e. The third kappa shape index (κ3) is 3.83. The first-order valence-electron chi connectivity index (χ1n) is 9.86. The van der Waals surface area contributed by atoms with Crippen molar-refractivity contribution in [1.29, 1.82) is 0 Å². The van der Waals surface area contributed by atoms with Crippen LogP contribution in [0.5, 0.6) is 0 Å². The molecule has 4 rings (SSSR count). The first kappa shape index (κ1) is 20.4. The van der Waals surface area contributed by atoms with Gasteiger partial charge in [0.2, 0.25) is 0 Å². The van der Waals surface area contributed by atoms with Crippen molar-refractivity contribution in [1.82, 2.24) is 9.80 Å². The number of imide groups is 1. The van der Waals surface area contributed by atoms with E-state index in [1.54, 1.807) is 24.3 Å². The van der Waals surface area contributed by atoms with Gasteiger partial charge in [0.05, 0.1) is 4.92 Å². The average molecular weight is 415 g/mol. The van der Waals surface area contributed by atoms with Gasteiger partial charge in [0.25, 0.3) is 17.5 Å². The van der Waals surface area contributed by atoms with Crippen molar-refractivity contribution in [3.63, 3.8) is 0 Å². The quantitative estimate of drug-likeness (QED) is 0.262. The summed E-state index contributed by atoms with van der Waals surface area (Å²) in [6, 6.07) is 15.4. The van der Waals surface area contributed by atoms with Crippen LogP contribution in [-0.2, 0) is 0 Å². The van der Waals surface area contributed by atoms with Gasteiger partial charge in [0.15, 0.2) is 0 Å². The molecule has 2 amide bonds. The minimum atomic E-state index is -0.435. The van der Waals surface area contributed by atoms with Crippen molar-refractivity contribution < 1.29 is 14.5 Å². The van der Waals surface area contributed by atoms with Gasteiger partial charge in [-0.3, -0.25) is 24.6 Å². The highest BCUT2D eigenvalue weighted by Gasteiger charge is 2.32. The Morgan fingerprint density at radius 3 is 2.26 bits per heavy atom. The Morgan fingerprint density at radius 1 is 0.935 bits per heavy atom. The molecule has 7 heteroatoms. The minimum absolute atomic E-state index is 0.0366. The number of hydrogen-bond donors (Lipinski definition) is 0. The van der Waals surface area contributed by atoms with Gasteiger partial charge in [-0.2, -0.15) is 0 Å². The standard InChI is InChI=1S/C24H21N3O4/c1-25(2)14-15-26-23(28)20-5-3-4-19-17(10-13-21(22(19)20)24(26)29)9-6-16-7-11-18(12-8-16)27(30)31/h3-13H,14-15H2,1-2H3/b9-6+. The molecule has 156 valence electrons. The molecule has 0 N–H and O–H groups in total. The summed E-state index contributed by atoms with van der Waals surface area (Å²) in [4.78, 5) is 39.7. The van der Waals surface area contributed by atoms with Crippen LogP contribution in [0.15, 0.2) is 54.6 Å². The summed E-state index contributed by atoms with van der Waals surface area (Å²) >= 11 is 0. The molecule has 3 aromatic carbocycles. The van der Waals surface area contributed by atoms with E-state index in [0.29, 0.717) is 29.6 Å². The SMILES string of the molecule is CN(C)CCN1C(=O)c2cccc3c(/C=C/c4ccc([N+](=O)[O-])cc4)ccc(c23)C1=O. The Kier molecular flexibility index (Phi) is 5.35. The highest BCUT2D eigenvalue weighted by atomic mass is 16.6. The number of benzene rings is 3. The number of non-ortho nitro benzene ring substituents is 1. The Hall–Kier alpha value is -3.84. The van der Waals surface area contributed by atoms with Crippen LogP contribution in [0.25, 0.3) is 22.9 Å². The smallest absolute Gasteiger partial charge is 0.269 e. The molecule has 0 saturated carbocycles. The van der Waals surface area contributed by atoms with E-state index >= 15 is 0 Å². The fourth-order valence-corrected chi connectivity index (χ4v) is 3.71. The molecule has 0 saturated heterocycles. The molecule has 31 heavy (non-hydrogen) atoms. The van der Waals surface area contributed by atoms with E-state index in [4.69, 9.17) is 0 Å². The van der Waals surface area contributed by atoms with Crippen molar-refractivity contribution in [2.75, 3.05) is 27.2 Å². The fraction of sp³-hybridized carbons (Fsp3) is 0.167. The second kappa shape index (κ2) is 8.12. The van der Waals surface area contributed by atoms with Crippen molar-refractivity contribution in [3.05, 3.63) is 87.0 Å². The lowest BCUT2D eigenvalue weighted by Crippen LogP contribution is -2.43. The van der Waals surface area contributed by atoms with E-state index < -0.39 is 4.92 Å². The predicted molar refractivity (Wildman–Crippen MR) is 120 cm³/mol. The van der Waals surface area contributed by atoms with Gasteiger partial charge in [0, 0.05) is 41.7 Å². The van der Waals surface area contributed by atoms with E-state index in [1.165, 1.54) is 17.0 Å². The average Bonchev–Trinajstić information content (AvgIpc) is 2.76. The molecule has 0 radical (unpaired) electrons. The van der Waals surface area contributed by atoms with Crippen LogP contribution in [0.2, 0.25) is 0 Å². The molecular weight excluding hydrogens is 394 g/mol. The number of carbonyl (C=O) groups is 2. The normalized spacial score (nSPS) is 13.6. The summed E-state index contributed by atoms with van der Waals surface area (Å²) in [5.74, 6) is -0.553. The third-order valence-corrected chi connectivity index (χ3v) is 5.36. The van der Waals surface area contributed by atoms with E-state index in [9.17, 15) is 19.7 Å². The number of nitro benzene ring substituents is 1. The van der Waals surface area contributed by atoms with E-state index in [1.807, 2.05) is 49.3 Å². The van der Waals surface area contributed by atoms with Crippen LogP contribution in [0, 0.1) is 10.1 Å². The van der Waals surface area contributed by atoms with Crippen molar-refractivity contribution in [3.8, 4) is 0 Å². The second-order valence-electron chi connectivity index (χ2n) is 7.68. The molecule has 0 aliphatic carbocycles. The van der Waals surface area contributed by atoms with Crippen molar-refractivity contribution in [2.45, 2.75) is 0 Å². The Morgan fingerprint density at radius 2 is 1.61 bits per heavy atom. The fourth-order valence-electron chi connectivity index (χ4n) is 3.71. The zero-order valence-electron chi connectivity index (χ0n) is 17.2. The van der Waals surface area contributed by atoms with Crippen LogP contribution < -0.4 is 0 Å². The Bertz CT molecular complexity index is 1210. The van der Waals surface area contributed by atoms with Crippen molar-refractivity contribution in [2.24, 2.45) is 0 Å². The van der Waals surface area contributed by atoms with Crippen LogP contribution >= 0.6 is 0 Å². The summed E-state index contributed by atoms with van der Waals surface area (Å²) in [5, 5.41) is 12.3. The monoisotopic (exact) mass is 415 g/mol. The maximum absolute atomic E-state index is 13.0. The minimum Gasteiger partial charge on any atom is -0.308 e. The first-order valence-corrected chi connectivity index (χ1v) is 9.86.